The van der Waals surface area contributed by atoms with Crippen LogP contribution in [0.5, 0.6) is 0 Å². The second kappa shape index (κ2) is 4.85. The summed E-state index contributed by atoms with van der Waals surface area (Å²) in [6.07, 6.45) is 0. The van der Waals surface area contributed by atoms with E-state index in [4.69, 9.17) is 5.73 Å². The van der Waals surface area contributed by atoms with Crippen LogP contribution >= 0.6 is 11.3 Å². The highest BCUT2D eigenvalue weighted by Gasteiger charge is 2.14. The molecule has 2 N–H and O–H groups in total. The molecule has 2 aromatic rings. The van der Waals surface area contributed by atoms with Crippen molar-refractivity contribution in [3.05, 3.63) is 35.2 Å². The molecular weight excluding hydrogens is 232 g/mol. The standard InChI is InChI=1S/C13H16N2OS/c1-9(14)13(16)15(2)7-10-8-17-12-6-4-3-5-11(10)12/h3-6,8-9H,7,14H2,1-2H3. The predicted octanol–water partition coefficient (Wildman–Crippen LogP) is 2.21. The number of benzene rings is 1. The third kappa shape index (κ3) is 2.48. The normalized spacial score (nSPS) is 12.6. The lowest BCUT2D eigenvalue weighted by Crippen LogP contribution is -2.39. The number of thiophene rings is 1. The lowest BCUT2D eigenvalue weighted by molar-refractivity contribution is -0.131. The van der Waals surface area contributed by atoms with E-state index < -0.39 is 6.04 Å². The van der Waals surface area contributed by atoms with Crippen LogP contribution in [0, 0.1) is 0 Å². The molecule has 0 radical (unpaired) electrons. The quantitative estimate of drug-likeness (QED) is 0.905. The molecule has 1 heterocycles. The number of hydrogen-bond acceptors (Lipinski definition) is 3. The van der Waals surface area contributed by atoms with Gasteiger partial charge in [0.1, 0.15) is 0 Å². The molecule has 0 aliphatic heterocycles. The number of carbonyl (C=O) groups excluding carboxylic acids is 1. The fraction of sp³-hybridized carbons (Fsp3) is 0.308. The van der Waals surface area contributed by atoms with Gasteiger partial charge in [-0.3, -0.25) is 4.79 Å². The summed E-state index contributed by atoms with van der Waals surface area (Å²) < 4.78 is 1.25. The number of likely N-dealkylation sites (N-methyl/N-ethyl adjacent to an activating group) is 1. The van der Waals surface area contributed by atoms with Gasteiger partial charge in [-0.2, -0.15) is 0 Å². The summed E-state index contributed by atoms with van der Waals surface area (Å²) >= 11 is 1.71. The van der Waals surface area contributed by atoms with Crippen molar-refractivity contribution in [1.29, 1.82) is 0 Å². The van der Waals surface area contributed by atoms with Gasteiger partial charge in [-0.05, 0) is 29.3 Å². The van der Waals surface area contributed by atoms with Crippen molar-refractivity contribution in [2.75, 3.05) is 7.05 Å². The Kier molecular flexibility index (Phi) is 3.45. The summed E-state index contributed by atoms with van der Waals surface area (Å²) in [5.74, 6) is -0.0275. The first-order valence-electron chi connectivity index (χ1n) is 5.55. The van der Waals surface area contributed by atoms with Crippen LogP contribution in [0.3, 0.4) is 0 Å². The zero-order valence-electron chi connectivity index (χ0n) is 10.0. The second-order valence-corrected chi connectivity index (χ2v) is 5.15. The van der Waals surface area contributed by atoms with Crippen LogP contribution in [0.15, 0.2) is 29.6 Å². The molecular formula is C13H16N2OS. The van der Waals surface area contributed by atoms with Gasteiger partial charge in [0.05, 0.1) is 6.04 Å². The maximum absolute atomic E-state index is 11.7. The number of nitrogens with zero attached hydrogens (tertiary/aromatic N) is 1. The molecule has 0 bridgehead atoms. The Balaban J connectivity index is 2.21. The Labute approximate surface area is 105 Å². The van der Waals surface area contributed by atoms with E-state index >= 15 is 0 Å². The molecule has 0 saturated carbocycles. The molecule has 0 spiro atoms. The highest BCUT2D eigenvalue weighted by Crippen LogP contribution is 2.26. The summed E-state index contributed by atoms with van der Waals surface area (Å²) in [5.41, 5.74) is 6.77. The molecule has 1 amide bonds. The molecule has 4 heteroatoms. The third-order valence-corrected chi connectivity index (χ3v) is 3.75. The minimum atomic E-state index is -0.440. The molecule has 0 aliphatic rings. The number of hydrogen-bond donors (Lipinski definition) is 1. The van der Waals surface area contributed by atoms with Gasteiger partial charge in [0.25, 0.3) is 0 Å². The molecule has 0 saturated heterocycles. The van der Waals surface area contributed by atoms with Crippen LogP contribution in [0.4, 0.5) is 0 Å². The van der Waals surface area contributed by atoms with E-state index in [1.54, 1.807) is 30.2 Å². The van der Waals surface area contributed by atoms with Crippen molar-refractivity contribution >= 4 is 27.3 Å². The number of amides is 1. The maximum Gasteiger partial charge on any atom is 0.239 e. The number of fused-ring (bicyclic) bond motifs is 1. The second-order valence-electron chi connectivity index (χ2n) is 4.24. The van der Waals surface area contributed by atoms with E-state index in [9.17, 15) is 4.79 Å². The van der Waals surface area contributed by atoms with Crippen molar-refractivity contribution in [3.63, 3.8) is 0 Å². The zero-order valence-corrected chi connectivity index (χ0v) is 10.8. The fourth-order valence-corrected chi connectivity index (χ4v) is 2.79. The topological polar surface area (TPSA) is 46.3 Å². The SMILES string of the molecule is CC(N)C(=O)N(C)Cc1csc2ccccc12. The molecule has 1 aromatic heterocycles. The van der Waals surface area contributed by atoms with Crippen molar-refractivity contribution in [2.45, 2.75) is 19.5 Å². The summed E-state index contributed by atoms with van der Waals surface area (Å²) in [6.45, 7) is 2.33. The summed E-state index contributed by atoms with van der Waals surface area (Å²) in [7, 11) is 1.79. The van der Waals surface area contributed by atoms with Crippen LogP contribution < -0.4 is 5.73 Å². The van der Waals surface area contributed by atoms with Crippen LogP contribution in [0.25, 0.3) is 10.1 Å². The molecule has 17 heavy (non-hydrogen) atoms. The van der Waals surface area contributed by atoms with E-state index in [0.717, 1.165) is 0 Å². The van der Waals surface area contributed by atoms with Gasteiger partial charge >= 0.3 is 0 Å². The number of carbonyl (C=O) groups is 1. The molecule has 1 unspecified atom stereocenters. The van der Waals surface area contributed by atoms with Crippen LogP contribution in [-0.2, 0) is 11.3 Å². The van der Waals surface area contributed by atoms with Crippen molar-refractivity contribution in [1.82, 2.24) is 4.90 Å². The highest BCUT2D eigenvalue weighted by atomic mass is 32.1. The van der Waals surface area contributed by atoms with Gasteiger partial charge in [-0.15, -0.1) is 11.3 Å². The van der Waals surface area contributed by atoms with Crippen LogP contribution in [0.1, 0.15) is 12.5 Å². The Morgan fingerprint density at radius 2 is 2.18 bits per heavy atom. The minimum absolute atomic E-state index is 0.0275. The van der Waals surface area contributed by atoms with Gasteiger partial charge < -0.3 is 10.6 Å². The Hall–Kier alpha value is -1.39. The summed E-state index contributed by atoms with van der Waals surface area (Å²) in [5, 5.41) is 3.33. The van der Waals surface area contributed by atoms with E-state index in [2.05, 4.69) is 17.5 Å². The molecule has 0 fully saturated rings. The summed E-state index contributed by atoms with van der Waals surface area (Å²) in [4.78, 5) is 13.4. The lowest BCUT2D eigenvalue weighted by Gasteiger charge is -2.18. The van der Waals surface area contributed by atoms with Crippen molar-refractivity contribution in [3.8, 4) is 0 Å². The zero-order chi connectivity index (χ0) is 12.4. The largest absolute Gasteiger partial charge is 0.340 e. The Morgan fingerprint density at radius 1 is 1.47 bits per heavy atom. The smallest absolute Gasteiger partial charge is 0.239 e. The molecule has 90 valence electrons. The van der Waals surface area contributed by atoms with E-state index in [-0.39, 0.29) is 5.91 Å². The molecule has 0 aliphatic carbocycles. The van der Waals surface area contributed by atoms with Crippen LogP contribution in [0.2, 0.25) is 0 Å². The number of nitrogens with two attached hydrogens (primary N) is 1. The Morgan fingerprint density at radius 3 is 2.88 bits per heavy atom. The minimum Gasteiger partial charge on any atom is -0.340 e. The van der Waals surface area contributed by atoms with E-state index in [1.165, 1.54) is 15.6 Å². The van der Waals surface area contributed by atoms with E-state index in [1.807, 2.05) is 12.1 Å². The highest BCUT2D eigenvalue weighted by molar-refractivity contribution is 7.17. The van der Waals surface area contributed by atoms with Gasteiger partial charge in [-0.25, -0.2) is 0 Å². The van der Waals surface area contributed by atoms with Crippen molar-refractivity contribution in [2.24, 2.45) is 5.73 Å². The van der Waals surface area contributed by atoms with Gasteiger partial charge in [0.15, 0.2) is 0 Å². The number of rotatable bonds is 3. The first kappa shape index (κ1) is 12.1. The van der Waals surface area contributed by atoms with Gasteiger partial charge in [0.2, 0.25) is 5.91 Å². The van der Waals surface area contributed by atoms with Crippen molar-refractivity contribution < 1.29 is 4.79 Å². The lowest BCUT2D eigenvalue weighted by atomic mass is 10.1. The average Bonchev–Trinajstić information content (AvgIpc) is 2.71. The molecule has 1 aromatic carbocycles. The summed E-state index contributed by atoms with van der Waals surface area (Å²) in [6, 6.07) is 7.79. The maximum atomic E-state index is 11.7. The average molecular weight is 248 g/mol. The monoisotopic (exact) mass is 248 g/mol. The fourth-order valence-electron chi connectivity index (χ4n) is 1.84. The first-order chi connectivity index (χ1) is 8.09. The molecule has 2 rings (SSSR count). The molecule has 3 nitrogen and oxygen atoms in total. The van der Waals surface area contributed by atoms with Gasteiger partial charge in [-0.1, -0.05) is 18.2 Å². The van der Waals surface area contributed by atoms with Gasteiger partial charge in [0, 0.05) is 18.3 Å². The first-order valence-corrected chi connectivity index (χ1v) is 6.43. The third-order valence-electron chi connectivity index (χ3n) is 2.73. The van der Waals surface area contributed by atoms with Crippen LogP contribution in [-0.4, -0.2) is 23.9 Å². The predicted molar refractivity (Wildman–Crippen MR) is 71.9 cm³/mol. The van der Waals surface area contributed by atoms with E-state index in [0.29, 0.717) is 6.54 Å². The molecule has 1 atom stereocenters. The Bertz CT molecular complexity index is 533.